The van der Waals surface area contributed by atoms with Gasteiger partial charge in [0, 0.05) is 11.4 Å². The number of carboxylic acid groups (broad SMARTS) is 1. The molecule has 2 aromatic rings. The highest BCUT2D eigenvalue weighted by atomic mass is 16.4. The molecule has 0 spiro atoms. The summed E-state index contributed by atoms with van der Waals surface area (Å²) >= 11 is 0. The number of aryl methyl sites for hydroxylation is 2. The molecule has 0 bridgehead atoms. The summed E-state index contributed by atoms with van der Waals surface area (Å²) < 4.78 is 0. The summed E-state index contributed by atoms with van der Waals surface area (Å²) in [5, 5.41) is 12.3. The quantitative estimate of drug-likeness (QED) is 0.867. The Morgan fingerprint density at radius 2 is 2.10 bits per heavy atom. The van der Waals surface area contributed by atoms with Gasteiger partial charge in [-0.05, 0) is 43.2 Å². The average Bonchev–Trinajstić information content (AvgIpc) is 2.38. The normalized spacial score (nSPS) is 10.3. The molecular weight excluding hydrogens is 252 g/mol. The van der Waals surface area contributed by atoms with E-state index in [1.54, 1.807) is 12.1 Å². The second-order valence-corrected chi connectivity index (χ2v) is 4.78. The van der Waals surface area contributed by atoms with Gasteiger partial charge in [0.15, 0.2) is 0 Å². The second-order valence-electron chi connectivity index (χ2n) is 4.78. The zero-order valence-electron chi connectivity index (χ0n) is 11.7. The fourth-order valence-corrected chi connectivity index (χ4v) is 2.03. The van der Waals surface area contributed by atoms with Crippen molar-refractivity contribution in [1.29, 1.82) is 0 Å². The highest BCUT2D eigenvalue weighted by Crippen LogP contribution is 2.18. The summed E-state index contributed by atoms with van der Waals surface area (Å²) in [6.45, 7) is 4.05. The molecule has 104 valence electrons. The highest BCUT2D eigenvalue weighted by molar-refractivity contribution is 5.88. The fourth-order valence-electron chi connectivity index (χ4n) is 2.03. The highest BCUT2D eigenvalue weighted by Gasteiger charge is 2.08. The van der Waals surface area contributed by atoms with E-state index in [1.165, 1.54) is 0 Å². The summed E-state index contributed by atoms with van der Waals surface area (Å²) in [7, 11) is 0. The molecule has 4 heteroatoms. The van der Waals surface area contributed by atoms with Gasteiger partial charge < -0.3 is 10.4 Å². The molecule has 2 rings (SSSR count). The van der Waals surface area contributed by atoms with Crippen LogP contribution in [0.1, 0.15) is 35.0 Å². The first-order chi connectivity index (χ1) is 9.58. The molecule has 1 aromatic carbocycles. The van der Waals surface area contributed by atoms with Crippen LogP contribution in [0.3, 0.4) is 0 Å². The molecular formula is C16H18N2O2. The predicted molar refractivity (Wildman–Crippen MR) is 79.7 cm³/mol. The molecule has 0 atom stereocenters. The minimum Gasteiger partial charge on any atom is -0.478 e. The molecule has 1 aromatic heterocycles. The molecule has 0 fully saturated rings. The summed E-state index contributed by atoms with van der Waals surface area (Å²) in [4.78, 5) is 15.6. The van der Waals surface area contributed by atoms with E-state index in [9.17, 15) is 4.79 Å². The SMILES string of the molecule is CCCc1cc(C(=O)O)cc(Nc2cccc(C)c2)n1. The van der Waals surface area contributed by atoms with Crippen molar-refractivity contribution in [2.75, 3.05) is 5.32 Å². The lowest BCUT2D eigenvalue weighted by Gasteiger charge is -2.09. The Balaban J connectivity index is 2.32. The van der Waals surface area contributed by atoms with Crippen molar-refractivity contribution in [2.24, 2.45) is 0 Å². The Bertz CT molecular complexity index is 624. The van der Waals surface area contributed by atoms with Crippen LogP contribution in [0.5, 0.6) is 0 Å². The summed E-state index contributed by atoms with van der Waals surface area (Å²) in [6, 6.07) is 11.1. The molecule has 0 aliphatic carbocycles. The van der Waals surface area contributed by atoms with Crippen LogP contribution in [0.25, 0.3) is 0 Å². The lowest BCUT2D eigenvalue weighted by molar-refractivity contribution is 0.0696. The van der Waals surface area contributed by atoms with Crippen LogP contribution in [-0.2, 0) is 6.42 Å². The maximum Gasteiger partial charge on any atom is 0.335 e. The maximum absolute atomic E-state index is 11.2. The number of pyridine rings is 1. The van der Waals surface area contributed by atoms with Crippen LogP contribution >= 0.6 is 0 Å². The van der Waals surface area contributed by atoms with Crippen molar-refractivity contribution >= 4 is 17.5 Å². The van der Waals surface area contributed by atoms with Gasteiger partial charge in [-0.3, -0.25) is 0 Å². The first-order valence-electron chi connectivity index (χ1n) is 6.66. The number of carbonyl (C=O) groups is 1. The van der Waals surface area contributed by atoms with Crippen molar-refractivity contribution in [2.45, 2.75) is 26.7 Å². The number of anilines is 2. The van der Waals surface area contributed by atoms with Gasteiger partial charge in [0.1, 0.15) is 5.82 Å². The fraction of sp³-hybridized carbons (Fsp3) is 0.250. The van der Waals surface area contributed by atoms with E-state index in [2.05, 4.69) is 10.3 Å². The van der Waals surface area contributed by atoms with Crippen LogP contribution in [0, 0.1) is 6.92 Å². The van der Waals surface area contributed by atoms with Gasteiger partial charge in [0.2, 0.25) is 0 Å². The number of hydrogen-bond donors (Lipinski definition) is 2. The lowest BCUT2D eigenvalue weighted by atomic mass is 10.1. The van der Waals surface area contributed by atoms with E-state index in [0.29, 0.717) is 5.82 Å². The Hall–Kier alpha value is -2.36. The van der Waals surface area contributed by atoms with Crippen LogP contribution < -0.4 is 5.32 Å². The largest absolute Gasteiger partial charge is 0.478 e. The number of carboxylic acids is 1. The van der Waals surface area contributed by atoms with E-state index < -0.39 is 5.97 Å². The monoisotopic (exact) mass is 270 g/mol. The zero-order valence-corrected chi connectivity index (χ0v) is 11.7. The maximum atomic E-state index is 11.2. The average molecular weight is 270 g/mol. The van der Waals surface area contributed by atoms with Crippen LogP contribution in [0.4, 0.5) is 11.5 Å². The third-order valence-electron chi connectivity index (χ3n) is 2.92. The molecule has 0 saturated heterocycles. The Kier molecular flexibility index (Phi) is 4.35. The third-order valence-corrected chi connectivity index (χ3v) is 2.92. The summed E-state index contributed by atoms with van der Waals surface area (Å²) in [6.07, 6.45) is 1.70. The van der Waals surface area contributed by atoms with Gasteiger partial charge in [0.05, 0.1) is 5.56 Å². The van der Waals surface area contributed by atoms with Crippen molar-refractivity contribution < 1.29 is 9.90 Å². The van der Waals surface area contributed by atoms with Crippen LogP contribution in [0.15, 0.2) is 36.4 Å². The number of benzene rings is 1. The Labute approximate surface area is 118 Å². The van der Waals surface area contributed by atoms with E-state index in [1.807, 2.05) is 38.1 Å². The van der Waals surface area contributed by atoms with Crippen LogP contribution in [-0.4, -0.2) is 16.1 Å². The first-order valence-corrected chi connectivity index (χ1v) is 6.66. The van der Waals surface area contributed by atoms with Gasteiger partial charge in [0.25, 0.3) is 0 Å². The smallest absolute Gasteiger partial charge is 0.335 e. The molecule has 0 amide bonds. The van der Waals surface area contributed by atoms with Crippen molar-refractivity contribution in [3.05, 3.63) is 53.2 Å². The standard InChI is InChI=1S/C16H18N2O2/c1-3-5-13-9-12(16(19)20)10-15(17-13)18-14-7-4-6-11(2)8-14/h4,6-10H,3,5H2,1-2H3,(H,17,18)(H,19,20). The van der Waals surface area contributed by atoms with Gasteiger partial charge in [-0.1, -0.05) is 25.5 Å². The van der Waals surface area contributed by atoms with Gasteiger partial charge in [-0.15, -0.1) is 0 Å². The minimum absolute atomic E-state index is 0.263. The first kappa shape index (κ1) is 14.1. The Morgan fingerprint density at radius 3 is 2.75 bits per heavy atom. The second kappa shape index (κ2) is 6.19. The molecule has 0 radical (unpaired) electrons. The Morgan fingerprint density at radius 1 is 1.30 bits per heavy atom. The minimum atomic E-state index is -0.933. The number of aromatic carboxylic acids is 1. The number of nitrogens with zero attached hydrogens (tertiary/aromatic N) is 1. The number of nitrogens with one attached hydrogen (secondary N) is 1. The molecule has 0 aliphatic rings. The third kappa shape index (κ3) is 3.57. The topological polar surface area (TPSA) is 62.2 Å². The lowest BCUT2D eigenvalue weighted by Crippen LogP contribution is -2.03. The van der Waals surface area contributed by atoms with Crippen LogP contribution in [0.2, 0.25) is 0 Å². The number of hydrogen-bond acceptors (Lipinski definition) is 3. The van der Waals surface area contributed by atoms with E-state index in [0.717, 1.165) is 29.8 Å². The van der Waals surface area contributed by atoms with Crippen molar-refractivity contribution in [1.82, 2.24) is 4.98 Å². The van der Waals surface area contributed by atoms with Gasteiger partial charge in [-0.25, -0.2) is 9.78 Å². The molecule has 0 aliphatic heterocycles. The predicted octanol–water partition coefficient (Wildman–Crippen LogP) is 3.78. The molecule has 0 saturated carbocycles. The van der Waals surface area contributed by atoms with E-state index in [4.69, 9.17) is 5.11 Å². The van der Waals surface area contributed by atoms with Gasteiger partial charge >= 0.3 is 5.97 Å². The van der Waals surface area contributed by atoms with E-state index in [-0.39, 0.29) is 5.56 Å². The van der Waals surface area contributed by atoms with E-state index >= 15 is 0 Å². The van der Waals surface area contributed by atoms with Gasteiger partial charge in [-0.2, -0.15) is 0 Å². The molecule has 20 heavy (non-hydrogen) atoms. The molecule has 1 heterocycles. The number of rotatable bonds is 5. The molecule has 4 nitrogen and oxygen atoms in total. The molecule has 0 unspecified atom stereocenters. The zero-order chi connectivity index (χ0) is 14.5. The van der Waals surface area contributed by atoms with Crippen molar-refractivity contribution in [3.8, 4) is 0 Å². The number of aromatic nitrogens is 1. The van der Waals surface area contributed by atoms with Crippen molar-refractivity contribution in [3.63, 3.8) is 0 Å². The summed E-state index contributed by atoms with van der Waals surface area (Å²) in [5.41, 5.74) is 3.10. The summed E-state index contributed by atoms with van der Waals surface area (Å²) in [5.74, 6) is -0.365. The molecule has 2 N–H and O–H groups in total.